The lowest BCUT2D eigenvalue weighted by Crippen LogP contribution is -2.28. The molecule has 1 atom stereocenters. The summed E-state index contributed by atoms with van der Waals surface area (Å²) in [4.78, 5) is 26.1. The van der Waals surface area contributed by atoms with Crippen LogP contribution < -0.4 is 10.2 Å². The molecule has 2 amide bonds. The number of rotatable bonds is 3. The Morgan fingerprint density at radius 3 is 2.70 bits per heavy atom. The Balaban J connectivity index is 1.72. The zero-order valence-electron chi connectivity index (χ0n) is 12.2. The maximum absolute atomic E-state index is 12.4. The van der Waals surface area contributed by atoms with E-state index in [0.717, 1.165) is 5.69 Å². The molecule has 118 valence electrons. The summed E-state index contributed by atoms with van der Waals surface area (Å²) in [5.41, 5.74) is 1.02. The van der Waals surface area contributed by atoms with Crippen molar-refractivity contribution >= 4 is 34.8 Å². The average molecular weight is 331 g/mol. The maximum atomic E-state index is 12.4. The van der Waals surface area contributed by atoms with Crippen molar-refractivity contribution in [3.8, 4) is 5.75 Å². The van der Waals surface area contributed by atoms with Gasteiger partial charge in [0.1, 0.15) is 5.75 Å². The Kier molecular flexibility index (Phi) is 4.21. The monoisotopic (exact) mass is 330 g/mol. The number of nitrogens with one attached hydrogen (secondary N) is 1. The topological polar surface area (TPSA) is 69.6 Å². The summed E-state index contributed by atoms with van der Waals surface area (Å²) in [5, 5.41) is 12.8. The standard InChI is InChI=1S/C17H15ClN2O3/c18-12-6-7-15(21)14(9-12)19-17(23)11-8-16(22)20(10-11)13-4-2-1-3-5-13/h1-7,9,11,21H,8,10H2,(H,19,23). The molecular formula is C17H15ClN2O3. The molecule has 2 aromatic rings. The van der Waals surface area contributed by atoms with Gasteiger partial charge in [0.15, 0.2) is 0 Å². The molecule has 1 fully saturated rings. The minimum atomic E-state index is -0.471. The summed E-state index contributed by atoms with van der Waals surface area (Å²) in [6.45, 7) is 0.315. The minimum absolute atomic E-state index is 0.0630. The first-order valence-corrected chi connectivity index (χ1v) is 7.57. The molecule has 0 saturated carbocycles. The smallest absolute Gasteiger partial charge is 0.229 e. The van der Waals surface area contributed by atoms with Crippen molar-refractivity contribution in [2.24, 2.45) is 5.92 Å². The van der Waals surface area contributed by atoms with Crippen LogP contribution in [-0.2, 0) is 9.59 Å². The van der Waals surface area contributed by atoms with Crippen LogP contribution in [-0.4, -0.2) is 23.5 Å². The van der Waals surface area contributed by atoms with E-state index in [9.17, 15) is 14.7 Å². The van der Waals surface area contributed by atoms with Gasteiger partial charge in [-0.2, -0.15) is 0 Å². The molecule has 6 heteroatoms. The van der Waals surface area contributed by atoms with Crippen molar-refractivity contribution in [2.45, 2.75) is 6.42 Å². The van der Waals surface area contributed by atoms with E-state index in [1.807, 2.05) is 30.3 Å². The van der Waals surface area contributed by atoms with Crippen molar-refractivity contribution in [3.63, 3.8) is 0 Å². The summed E-state index contributed by atoms with van der Waals surface area (Å²) in [7, 11) is 0. The number of phenols is 1. The molecule has 1 saturated heterocycles. The van der Waals surface area contributed by atoms with Gasteiger partial charge in [-0.3, -0.25) is 9.59 Å². The van der Waals surface area contributed by atoms with Crippen LogP contribution in [0.5, 0.6) is 5.75 Å². The van der Waals surface area contributed by atoms with Crippen LogP contribution in [0.1, 0.15) is 6.42 Å². The molecule has 1 unspecified atom stereocenters. The zero-order valence-corrected chi connectivity index (χ0v) is 13.0. The molecule has 2 aromatic carbocycles. The lowest BCUT2D eigenvalue weighted by molar-refractivity contribution is -0.122. The van der Waals surface area contributed by atoms with Crippen LogP contribution >= 0.6 is 11.6 Å². The van der Waals surface area contributed by atoms with Gasteiger partial charge in [0, 0.05) is 23.7 Å². The van der Waals surface area contributed by atoms with Crippen LogP contribution in [0.2, 0.25) is 5.02 Å². The number of para-hydroxylation sites is 1. The third-order valence-corrected chi connectivity index (χ3v) is 4.02. The Hall–Kier alpha value is -2.53. The van der Waals surface area contributed by atoms with E-state index in [1.165, 1.54) is 18.2 Å². The number of anilines is 2. The fraction of sp³-hybridized carbons (Fsp3) is 0.176. The van der Waals surface area contributed by atoms with E-state index in [-0.39, 0.29) is 29.7 Å². The predicted octanol–water partition coefficient (Wildman–Crippen LogP) is 3.04. The van der Waals surface area contributed by atoms with E-state index in [1.54, 1.807) is 4.90 Å². The van der Waals surface area contributed by atoms with Gasteiger partial charge in [0.25, 0.3) is 0 Å². The second-order valence-electron chi connectivity index (χ2n) is 5.39. The molecule has 0 aromatic heterocycles. The number of phenolic OH excluding ortho intramolecular Hbond substituents is 1. The third-order valence-electron chi connectivity index (χ3n) is 3.78. The van der Waals surface area contributed by atoms with Crippen LogP contribution in [0.3, 0.4) is 0 Å². The van der Waals surface area contributed by atoms with Gasteiger partial charge in [-0.15, -0.1) is 0 Å². The van der Waals surface area contributed by atoms with E-state index < -0.39 is 5.92 Å². The first-order valence-electron chi connectivity index (χ1n) is 7.19. The number of benzene rings is 2. The normalized spacial score (nSPS) is 17.3. The molecule has 23 heavy (non-hydrogen) atoms. The highest BCUT2D eigenvalue weighted by Crippen LogP contribution is 2.29. The predicted molar refractivity (Wildman–Crippen MR) is 88.6 cm³/mol. The zero-order chi connectivity index (χ0) is 16.4. The number of carbonyl (C=O) groups excluding carboxylic acids is 2. The molecule has 5 nitrogen and oxygen atoms in total. The van der Waals surface area contributed by atoms with E-state index in [4.69, 9.17) is 11.6 Å². The van der Waals surface area contributed by atoms with Crippen LogP contribution in [0, 0.1) is 5.92 Å². The summed E-state index contributed by atoms with van der Waals surface area (Å²) >= 11 is 5.86. The lowest BCUT2D eigenvalue weighted by atomic mass is 10.1. The summed E-state index contributed by atoms with van der Waals surface area (Å²) in [5.74, 6) is -0.936. The molecule has 0 aliphatic carbocycles. The van der Waals surface area contributed by atoms with Crippen molar-refractivity contribution in [1.29, 1.82) is 0 Å². The van der Waals surface area contributed by atoms with Crippen LogP contribution in [0.15, 0.2) is 48.5 Å². The molecule has 1 aliphatic heterocycles. The Morgan fingerprint density at radius 2 is 1.96 bits per heavy atom. The molecular weight excluding hydrogens is 316 g/mol. The van der Waals surface area contributed by atoms with Gasteiger partial charge in [-0.1, -0.05) is 29.8 Å². The molecule has 0 spiro atoms. The highest BCUT2D eigenvalue weighted by Gasteiger charge is 2.35. The SMILES string of the molecule is O=C(Nc1cc(Cl)ccc1O)C1CC(=O)N(c2ccccc2)C1. The van der Waals surface area contributed by atoms with Crippen molar-refractivity contribution in [1.82, 2.24) is 0 Å². The van der Waals surface area contributed by atoms with Gasteiger partial charge in [0.05, 0.1) is 11.6 Å². The second-order valence-corrected chi connectivity index (χ2v) is 5.83. The number of hydrogen-bond donors (Lipinski definition) is 2. The fourth-order valence-corrected chi connectivity index (χ4v) is 2.76. The largest absolute Gasteiger partial charge is 0.506 e. The van der Waals surface area contributed by atoms with Crippen molar-refractivity contribution < 1.29 is 14.7 Å². The summed E-state index contributed by atoms with van der Waals surface area (Å²) in [6, 6.07) is 13.6. The van der Waals surface area contributed by atoms with Crippen molar-refractivity contribution in [3.05, 3.63) is 53.6 Å². The summed E-state index contributed by atoms with van der Waals surface area (Å²) in [6.07, 6.45) is 0.141. The second kappa shape index (κ2) is 6.30. The van der Waals surface area contributed by atoms with E-state index in [0.29, 0.717) is 11.6 Å². The molecule has 0 bridgehead atoms. The Bertz CT molecular complexity index is 749. The van der Waals surface area contributed by atoms with Gasteiger partial charge >= 0.3 is 0 Å². The average Bonchev–Trinajstić information content (AvgIpc) is 2.94. The first kappa shape index (κ1) is 15.4. The number of aromatic hydroxyl groups is 1. The lowest BCUT2D eigenvalue weighted by Gasteiger charge is -2.16. The summed E-state index contributed by atoms with van der Waals surface area (Å²) < 4.78 is 0. The molecule has 1 heterocycles. The van der Waals surface area contributed by atoms with Crippen molar-refractivity contribution in [2.75, 3.05) is 16.8 Å². The van der Waals surface area contributed by atoms with Gasteiger partial charge in [-0.05, 0) is 30.3 Å². The molecule has 2 N–H and O–H groups in total. The number of nitrogens with zero attached hydrogens (tertiary/aromatic N) is 1. The van der Waals surface area contributed by atoms with E-state index >= 15 is 0 Å². The van der Waals surface area contributed by atoms with Gasteiger partial charge < -0.3 is 15.3 Å². The Morgan fingerprint density at radius 1 is 1.22 bits per heavy atom. The van der Waals surface area contributed by atoms with Gasteiger partial charge in [0.2, 0.25) is 11.8 Å². The molecule has 1 aliphatic rings. The maximum Gasteiger partial charge on any atom is 0.229 e. The minimum Gasteiger partial charge on any atom is -0.506 e. The highest BCUT2D eigenvalue weighted by atomic mass is 35.5. The molecule has 3 rings (SSSR count). The molecule has 0 radical (unpaired) electrons. The number of carbonyl (C=O) groups is 2. The van der Waals surface area contributed by atoms with Crippen LogP contribution in [0.25, 0.3) is 0 Å². The number of halogens is 1. The van der Waals surface area contributed by atoms with Crippen LogP contribution in [0.4, 0.5) is 11.4 Å². The number of amides is 2. The fourth-order valence-electron chi connectivity index (χ4n) is 2.58. The third kappa shape index (κ3) is 3.29. The van der Waals surface area contributed by atoms with E-state index in [2.05, 4.69) is 5.32 Å². The number of hydrogen-bond acceptors (Lipinski definition) is 3. The first-order chi connectivity index (χ1) is 11.0. The quantitative estimate of drug-likeness (QED) is 0.850. The van der Waals surface area contributed by atoms with Gasteiger partial charge in [-0.25, -0.2) is 0 Å². The Labute approximate surface area is 138 Å². The highest BCUT2D eigenvalue weighted by molar-refractivity contribution is 6.31.